The molecule has 0 aliphatic carbocycles. The number of piperazine rings is 1. The van der Waals surface area contributed by atoms with Crippen molar-refractivity contribution in [3.63, 3.8) is 0 Å². The number of rotatable bonds is 5. The summed E-state index contributed by atoms with van der Waals surface area (Å²) in [7, 11) is 1.40. The first kappa shape index (κ1) is 29.8. The fourth-order valence-electron chi connectivity index (χ4n) is 5.53. The predicted molar refractivity (Wildman–Crippen MR) is 156 cm³/mol. The number of amides is 1. The van der Waals surface area contributed by atoms with E-state index >= 15 is 0 Å². The molecule has 6 rings (SSSR count). The molecule has 1 N–H and O–H groups in total. The van der Waals surface area contributed by atoms with E-state index in [1.807, 2.05) is 9.47 Å². The average Bonchev–Trinajstić information content (AvgIpc) is 3.59. The maximum Gasteiger partial charge on any atom is 0.435 e. The Hall–Kier alpha value is -5.21. The van der Waals surface area contributed by atoms with E-state index in [1.54, 1.807) is 50.5 Å². The molecule has 3 aromatic heterocycles. The van der Waals surface area contributed by atoms with Crippen LogP contribution in [-0.4, -0.2) is 84.0 Å². The van der Waals surface area contributed by atoms with Crippen molar-refractivity contribution in [1.82, 2.24) is 34.2 Å². The topological polar surface area (TPSA) is 132 Å². The highest BCUT2D eigenvalue weighted by Gasteiger charge is 2.39. The van der Waals surface area contributed by atoms with Crippen LogP contribution in [0.25, 0.3) is 17.2 Å². The number of alkyl halides is 3. The van der Waals surface area contributed by atoms with Gasteiger partial charge in [-0.2, -0.15) is 18.3 Å². The summed E-state index contributed by atoms with van der Waals surface area (Å²) in [6.07, 6.45) is 0.523. The van der Waals surface area contributed by atoms with Crippen LogP contribution in [0.1, 0.15) is 38.8 Å². The lowest BCUT2D eigenvalue weighted by molar-refractivity contribution is -0.141. The van der Waals surface area contributed by atoms with E-state index in [0.29, 0.717) is 54.9 Å². The van der Waals surface area contributed by atoms with Crippen molar-refractivity contribution in [2.75, 3.05) is 37.7 Å². The summed E-state index contributed by atoms with van der Waals surface area (Å²) < 4.78 is 51.0. The van der Waals surface area contributed by atoms with Gasteiger partial charge < -0.3 is 24.2 Å². The van der Waals surface area contributed by atoms with Crippen molar-refractivity contribution in [2.45, 2.75) is 26.6 Å². The number of hydrogen-bond acceptors (Lipinski definition) is 8. The molecule has 12 nitrogen and oxygen atoms in total. The number of nitrogens with zero attached hydrogens (tertiary/aromatic N) is 8. The van der Waals surface area contributed by atoms with Crippen molar-refractivity contribution in [3.8, 4) is 16.9 Å². The van der Waals surface area contributed by atoms with Gasteiger partial charge in [0, 0.05) is 80.8 Å². The highest BCUT2D eigenvalue weighted by Crippen LogP contribution is 2.43. The molecule has 1 saturated heterocycles. The fraction of sp³-hybridized carbons (Fsp3) is 0.333. The molecule has 0 spiro atoms. The number of ketones is 1. The minimum absolute atomic E-state index is 0.0533. The number of imidazole rings is 1. The second-order valence-electron chi connectivity index (χ2n) is 11.0. The zero-order chi connectivity index (χ0) is 32.0. The molecule has 2 aliphatic heterocycles. The van der Waals surface area contributed by atoms with Crippen molar-refractivity contribution in [1.29, 1.82) is 0 Å². The minimum atomic E-state index is -4.73. The number of Topliss-reactive ketones (excluding diaryl/α,β-unsaturated/α-hetero) is 1. The molecule has 2 aliphatic rings. The maximum absolute atomic E-state index is 14.0. The number of hydrogen-bond donors (Lipinski definition) is 1. The molecule has 234 valence electrons. The van der Waals surface area contributed by atoms with Crippen LogP contribution in [0.4, 0.5) is 23.9 Å². The summed E-state index contributed by atoms with van der Waals surface area (Å²) in [6.45, 7) is 5.12. The maximum atomic E-state index is 14.0. The lowest BCUT2D eigenvalue weighted by Gasteiger charge is -2.33. The SMILES string of the molecule is Cc1cc(C=C2COc3c(cc(Cn4ccnc4C)cc3-c3cn(C)nc3C(F)(F)F)C2=O)nc(N2CCN(C(=O)O)CC2)n1. The predicted octanol–water partition coefficient (Wildman–Crippen LogP) is 4.22. The van der Waals surface area contributed by atoms with E-state index in [4.69, 9.17) is 4.74 Å². The third-order valence-corrected chi connectivity index (χ3v) is 7.74. The quantitative estimate of drug-likeness (QED) is 0.325. The van der Waals surface area contributed by atoms with Crippen LogP contribution < -0.4 is 9.64 Å². The standard InChI is InChI=1S/C30H29F3N8O4/c1-17-10-21(36-28(35-17)39-6-8-40(9-7-39)29(43)44)13-20-16-45-26-22(24-15-38(3)37-27(24)30(31,32)33)11-19(12-23(26)25(20)42)14-41-5-4-34-18(41)2/h4-5,10-13,15H,6-9,14,16H2,1-3H3,(H,43,44). The smallest absolute Gasteiger partial charge is 0.435 e. The number of anilines is 1. The molecule has 0 bridgehead atoms. The molecular formula is C30H29F3N8O4. The number of aromatic nitrogens is 6. The summed E-state index contributed by atoms with van der Waals surface area (Å²) in [5, 5.41) is 12.9. The van der Waals surface area contributed by atoms with E-state index < -0.39 is 23.7 Å². The molecule has 0 radical (unpaired) electrons. The zero-order valence-electron chi connectivity index (χ0n) is 24.7. The van der Waals surface area contributed by atoms with Crippen molar-refractivity contribution in [2.24, 2.45) is 7.05 Å². The number of carbonyl (C=O) groups excluding carboxylic acids is 1. The van der Waals surface area contributed by atoms with E-state index in [-0.39, 0.29) is 41.2 Å². The number of ether oxygens (including phenoxy) is 1. The van der Waals surface area contributed by atoms with Gasteiger partial charge in [-0.3, -0.25) is 9.48 Å². The van der Waals surface area contributed by atoms with E-state index in [1.165, 1.54) is 18.1 Å². The second kappa shape index (κ2) is 11.4. The number of carboxylic acid groups (broad SMARTS) is 1. The van der Waals surface area contributed by atoms with E-state index in [0.717, 1.165) is 4.68 Å². The Morgan fingerprint density at radius 3 is 2.47 bits per heavy atom. The molecule has 1 amide bonds. The van der Waals surface area contributed by atoms with Gasteiger partial charge in [0.1, 0.15) is 18.2 Å². The first-order valence-corrected chi connectivity index (χ1v) is 14.1. The highest BCUT2D eigenvalue weighted by molar-refractivity contribution is 6.15. The molecular weight excluding hydrogens is 593 g/mol. The number of fused-ring (bicyclic) bond motifs is 1. The van der Waals surface area contributed by atoms with Crippen LogP contribution in [0.5, 0.6) is 5.75 Å². The lowest BCUT2D eigenvalue weighted by Crippen LogP contribution is -2.48. The summed E-state index contributed by atoms with van der Waals surface area (Å²) in [6, 6.07) is 4.94. The van der Waals surface area contributed by atoms with E-state index in [2.05, 4.69) is 20.1 Å². The molecule has 0 unspecified atom stereocenters. The Kier molecular flexibility index (Phi) is 7.54. The largest absolute Gasteiger partial charge is 0.487 e. The Labute approximate surface area is 255 Å². The second-order valence-corrected chi connectivity index (χ2v) is 11.0. The number of carbonyl (C=O) groups is 2. The van der Waals surface area contributed by atoms with Crippen molar-refractivity contribution >= 4 is 23.9 Å². The van der Waals surface area contributed by atoms with Crippen LogP contribution in [0.3, 0.4) is 0 Å². The monoisotopic (exact) mass is 622 g/mol. The Balaban J connectivity index is 1.39. The van der Waals surface area contributed by atoms with Crippen molar-refractivity contribution in [3.05, 3.63) is 76.4 Å². The summed E-state index contributed by atoms with van der Waals surface area (Å²) >= 11 is 0. The molecule has 45 heavy (non-hydrogen) atoms. The van der Waals surface area contributed by atoms with Gasteiger partial charge in [-0.1, -0.05) is 0 Å². The van der Waals surface area contributed by atoms with Gasteiger partial charge in [0.05, 0.1) is 11.3 Å². The Morgan fingerprint density at radius 2 is 1.80 bits per heavy atom. The van der Waals surface area contributed by atoms with Gasteiger partial charge in [-0.05, 0) is 43.7 Å². The number of halogens is 3. The van der Waals surface area contributed by atoms with Gasteiger partial charge >= 0.3 is 12.3 Å². The van der Waals surface area contributed by atoms with Crippen LogP contribution in [0.2, 0.25) is 0 Å². The van der Waals surface area contributed by atoms with Gasteiger partial charge in [0.2, 0.25) is 5.95 Å². The molecule has 15 heteroatoms. The van der Waals surface area contributed by atoms with Crippen LogP contribution in [0, 0.1) is 13.8 Å². The van der Waals surface area contributed by atoms with Gasteiger partial charge in [0.25, 0.3) is 0 Å². The lowest BCUT2D eigenvalue weighted by atomic mass is 9.91. The summed E-state index contributed by atoms with van der Waals surface area (Å²) in [4.78, 5) is 41.8. The van der Waals surface area contributed by atoms with Gasteiger partial charge in [-0.25, -0.2) is 19.7 Å². The van der Waals surface area contributed by atoms with Gasteiger partial charge in [-0.15, -0.1) is 0 Å². The molecule has 0 atom stereocenters. The number of benzene rings is 1. The summed E-state index contributed by atoms with van der Waals surface area (Å²) in [5.41, 5.74) is 0.934. The summed E-state index contributed by atoms with van der Waals surface area (Å²) in [5.74, 6) is 0.770. The molecule has 4 aromatic rings. The molecule has 0 saturated carbocycles. The number of aryl methyl sites for hydroxylation is 3. The zero-order valence-corrected chi connectivity index (χ0v) is 24.7. The molecule has 1 aromatic carbocycles. The first-order valence-electron chi connectivity index (χ1n) is 14.1. The molecule has 1 fully saturated rings. The first-order chi connectivity index (χ1) is 21.4. The van der Waals surface area contributed by atoms with Gasteiger partial charge in [0.15, 0.2) is 11.5 Å². The third-order valence-electron chi connectivity index (χ3n) is 7.74. The normalized spacial score (nSPS) is 16.2. The average molecular weight is 623 g/mol. The fourth-order valence-corrected chi connectivity index (χ4v) is 5.53. The van der Waals surface area contributed by atoms with Crippen LogP contribution in [0.15, 0.2) is 42.4 Å². The third kappa shape index (κ3) is 5.97. The minimum Gasteiger partial charge on any atom is -0.487 e. The van der Waals surface area contributed by atoms with E-state index in [9.17, 15) is 27.9 Å². The Morgan fingerprint density at radius 1 is 1.07 bits per heavy atom. The van der Waals surface area contributed by atoms with Crippen LogP contribution >= 0.6 is 0 Å². The van der Waals surface area contributed by atoms with Crippen molar-refractivity contribution < 1.29 is 32.6 Å². The highest BCUT2D eigenvalue weighted by atomic mass is 19.4. The Bertz CT molecular complexity index is 1840. The van der Waals surface area contributed by atoms with Crippen LogP contribution in [-0.2, 0) is 19.8 Å². The molecule has 5 heterocycles.